The normalized spacial score (nSPS) is 11.0. The van der Waals surface area contributed by atoms with Crippen LogP contribution in [0.15, 0.2) is 32.7 Å². The smallest absolute Gasteiger partial charge is 0.251 e. The maximum Gasteiger partial charge on any atom is 0.251 e. The number of carbonyl (C=O) groups is 1. The Kier molecular flexibility index (Phi) is 5.72. The summed E-state index contributed by atoms with van der Waals surface area (Å²) in [7, 11) is 1.61. The number of amides is 1. The quantitative estimate of drug-likeness (QED) is 0.581. The van der Waals surface area contributed by atoms with Crippen molar-refractivity contribution in [1.29, 1.82) is 0 Å². The lowest BCUT2D eigenvalue weighted by molar-refractivity contribution is 0.0950. The van der Waals surface area contributed by atoms with Gasteiger partial charge >= 0.3 is 0 Å². The Labute approximate surface area is 157 Å². The fourth-order valence-corrected chi connectivity index (χ4v) is 3.42. The van der Waals surface area contributed by atoms with Crippen LogP contribution in [0, 0.1) is 6.92 Å². The molecule has 25 heavy (non-hydrogen) atoms. The predicted octanol–water partition coefficient (Wildman–Crippen LogP) is 3.92. The van der Waals surface area contributed by atoms with Crippen molar-refractivity contribution in [2.75, 3.05) is 20.3 Å². The molecule has 0 saturated carbocycles. The summed E-state index contributed by atoms with van der Waals surface area (Å²) < 4.78 is 16.9. The number of furan rings is 1. The molecule has 0 unspecified atom stereocenters. The molecule has 0 radical (unpaired) electrons. The third-order valence-electron chi connectivity index (χ3n) is 3.44. The Morgan fingerprint density at radius 2 is 2.20 bits per heavy atom. The van der Waals surface area contributed by atoms with Crippen molar-refractivity contribution in [3.05, 3.63) is 44.5 Å². The van der Waals surface area contributed by atoms with Gasteiger partial charge in [0, 0.05) is 29.8 Å². The molecular weight excluding hydrogens is 408 g/mol. The van der Waals surface area contributed by atoms with Crippen molar-refractivity contribution in [3.63, 3.8) is 0 Å². The third kappa shape index (κ3) is 4.39. The maximum absolute atomic E-state index is 12.5. The van der Waals surface area contributed by atoms with Gasteiger partial charge in [0.05, 0.1) is 18.5 Å². The Morgan fingerprint density at radius 1 is 1.36 bits per heavy atom. The number of nitrogens with one attached hydrogen (secondary N) is 1. The first-order chi connectivity index (χ1) is 12.1. The third-order valence-corrected chi connectivity index (χ3v) is 4.80. The van der Waals surface area contributed by atoms with E-state index < -0.39 is 0 Å². The van der Waals surface area contributed by atoms with Crippen LogP contribution in [-0.2, 0) is 11.3 Å². The van der Waals surface area contributed by atoms with Crippen molar-refractivity contribution < 1.29 is 18.7 Å². The highest BCUT2D eigenvalue weighted by Gasteiger charge is 2.15. The van der Waals surface area contributed by atoms with E-state index in [1.54, 1.807) is 19.2 Å². The van der Waals surface area contributed by atoms with Crippen LogP contribution in [0.2, 0.25) is 0 Å². The zero-order chi connectivity index (χ0) is 17.8. The summed E-state index contributed by atoms with van der Waals surface area (Å²) >= 11 is 4.83. The Bertz CT molecular complexity index is 890. The molecule has 1 amide bonds. The highest BCUT2D eigenvalue weighted by atomic mass is 79.9. The average Bonchev–Trinajstić information content (AvgIpc) is 3.17. The van der Waals surface area contributed by atoms with Crippen molar-refractivity contribution >= 4 is 44.1 Å². The number of fused-ring (bicyclic) bond motifs is 1. The lowest BCUT2D eigenvalue weighted by Gasteiger charge is -2.09. The number of hydrogen-bond acceptors (Lipinski definition) is 6. The van der Waals surface area contributed by atoms with Gasteiger partial charge in [0.15, 0.2) is 4.67 Å². The highest BCUT2D eigenvalue weighted by Crippen LogP contribution is 2.32. The van der Waals surface area contributed by atoms with E-state index in [9.17, 15) is 4.79 Å². The van der Waals surface area contributed by atoms with Gasteiger partial charge in [-0.1, -0.05) is 0 Å². The topological polar surface area (TPSA) is 73.6 Å². The van der Waals surface area contributed by atoms with Crippen LogP contribution in [0.3, 0.4) is 0 Å². The summed E-state index contributed by atoms with van der Waals surface area (Å²) in [5.41, 5.74) is 2.00. The number of benzene rings is 1. The summed E-state index contributed by atoms with van der Waals surface area (Å²) in [6, 6.07) is 5.23. The van der Waals surface area contributed by atoms with E-state index in [-0.39, 0.29) is 5.91 Å². The van der Waals surface area contributed by atoms with Crippen molar-refractivity contribution in [2.24, 2.45) is 0 Å². The molecule has 0 atom stereocenters. The molecular formula is C17H17BrN2O4S. The molecule has 3 aromatic rings. The zero-order valence-corrected chi connectivity index (χ0v) is 16.2. The molecule has 2 aromatic heterocycles. The number of thiazole rings is 1. The second-order valence-corrected chi connectivity index (χ2v) is 7.07. The van der Waals surface area contributed by atoms with E-state index in [1.807, 2.05) is 18.4 Å². The molecule has 1 aromatic carbocycles. The van der Waals surface area contributed by atoms with E-state index in [2.05, 4.69) is 26.2 Å². The molecule has 0 bridgehead atoms. The number of aromatic nitrogens is 1. The highest BCUT2D eigenvalue weighted by molar-refractivity contribution is 9.10. The number of aryl methyl sites for hydroxylation is 1. The number of nitrogens with zero attached hydrogens (tertiary/aromatic N) is 1. The second-order valence-electron chi connectivity index (χ2n) is 5.34. The minimum Gasteiger partial charge on any atom is -0.490 e. The molecule has 0 fully saturated rings. The summed E-state index contributed by atoms with van der Waals surface area (Å²) in [6.45, 7) is 3.16. The number of methoxy groups -OCH3 is 1. The van der Waals surface area contributed by atoms with E-state index in [4.69, 9.17) is 13.9 Å². The first kappa shape index (κ1) is 17.9. The van der Waals surface area contributed by atoms with Crippen molar-refractivity contribution in [3.8, 4) is 5.75 Å². The van der Waals surface area contributed by atoms with Crippen molar-refractivity contribution in [2.45, 2.75) is 13.5 Å². The van der Waals surface area contributed by atoms with Crippen LogP contribution in [0.25, 0.3) is 11.0 Å². The van der Waals surface area contributed by atoms with Crippen LogP contribution >= 0.6 is 27.3 Å². The van der Waals surface area contributed by atoms with E-state index in [0.717, 1.165) is 16.1 Å². The van der Waals surface area contributed by atoms with Crippen LogP contribution < -0.4 is 10.1 Å². The van der Waals surface area contributed by atoms with Gasteiger partial charge in [-0.15, -0.1) is 11.3 Å². The molecule has 2 heterocycles. The van der Waals surface area contributed by atoms with Crippen LogP contribution in [0.4, 0.5) is 0 Å². The Hall–Kier alpha value is -1.90. The summed E-state index contributed by atoms with van der Waals surface area (Å²) in [4.78, 5) is 16.8. The molecule has 0 aliphatic carbocycles. The maximum atomic E-state index is 12.5. The van der Waals surface area contributed by atoms with Crippen LogP contribution in [0.5, 0.6) is 5.75 Å². The number of carbonyl (C=O) groups excluding carboxylic acids is 1. The zero-order valence-electron chi connectivity index (χ0n) is 13.8. The largest absolute Gasteiger partial charge is 0.490 e. The summed E-state index contributed by atoms with van der Waals surface area (Å²) in [6.07, 6.45) is 0. The second kappa shape index (κ2) is 7.99. The lowest BCUT2D eigenvalue weighted by Crippen LogP contribution is -2.22. The lowest BCUT2D eigenvalue weighted by atomic mass is 10.1. The monoisotopic (exact) mass is 424 g/mol. The molecule has 0 spiro atoms. The van der Waals surface area contributed by atoms with Crippen LogP contribution in [-0.4, -0.2) is 31.2 Å². The van der Waals surface area contributed by atoms with Crippen LogP contribution in [0.1, 0.15) is 21.1 Å². The fraction of sp³-hybridized carbons (Fsp3) is 0.294. The molecule has 6 nitrogen and oxygen atoms in total. The molecule has 0 aliphatic heterocycles. The fourth-order valence-electron chi connectivity index (χ4n) is 2.30. The van der Waals surface area contributed by atoms with E-state index in [0.29, 0.717) is 41.3 Å². The Balaban J connectivity index is 1.80. The molecule has 3 rings (SSSR count). The van der Waals surface area contributed by atoms with Gasteiger partial charge in [-0.25, -0.2) is 4.98 Å². The van der Waals surface area contributed by atoms with E-state index in [1.165, 1.54) is 11.3 Å². The predicted molar refractivity (Wildman–Crippen MR) is 99.3 cm³/mol. The SMILES string of the molecule is COCCOc1cc(C(=O)NCc2nc(C)cs2)cc2oc(Br)cc12. The minimum absolute atomic E-state index is 0.209. The minimum atomic E-state index is -0.209. The van der Waals surface area contributed by atoms with Gasteiger partial charge in [-0.05, 0) is 35.0 Å². The van der Waals surface area contributed by atoms with Gasteiger partial charge in [0.2, 0.25) is 0 Å². The Morgan fingerprint density at radius 3 is 2.92 bits per heavy atom. The number of rotatable bonds is 7. The first-order valence-corrected chi connectivity index (χ1v) is 9.28. The molecule has 0 saturated heterocycles. The number of halogens is 1. The van der Waals surface area contributed by atoms with Gasteiger partial charge < -0.3 is 19.2 Å². The van der Waals surface area contributed by atoms with Gasteiger partial charge in [-0.2, -0.15) is 0 Å². The molecule has 132 valence electrons. The van der Waals surface area contributed by atoms with Crippen molar-refractivity contribution in [1.82, 2.24) is 10.3 Å². The van der Waals surface area contributed by atoms with Gasteiger partial charge in [0.1, 0.15) is 22.9 Å². The molecule has 8 heteroatoms. The number of ether oxygens (including phenoxy) is 2. The van der Waals surface area contributed by atoms with Gasteiger partial charge in [0.25, 0.3) is 5.91 Å². The average molecular weight is 425 g/mol. The molecule has 0 aliphatic rings. The number of hydrogen-bond donors (Lipinski definition) is 1. The van der Waals surface area contributed by atoms with Gasteiger partial charge in [-0.3, -0.25) is 4.79 Å². The first-order valence-electron chi connectivity index (χ1n) is 7.61. The summed E-state index contributed by atoms with van der Waals surface area (Å²) in [5.74, 6) is 0.373. The van der Waals surface area contributed by atoms with E-state index >= 15 is 0 Å². The standard InChI is InChI=1S/C17H17BrN2O4S/c1-10-9-25-16(20-10)8-19-17(21)11-5-13(23-4-3-22-2)12-7-15(18)24-14(12)6-11/h5-7,9H,3-4,8H2,1-2H3,(H,19,21). The molecule has 1 N–H and O–H groups in total. The summed E-state index contributed by atoms with van der Waals surface area (Å²) in [5, 5.41) is 6.49.